The molecule has 34 heavy (non-hydrogen) atoms. The molecule has 0 amide bonds. The summed E-state index contributed by atoms with van der Waals surface area (Å²) in [7, 11) is -0.735. The van der Waals surface area contributed by atoms with Gasteiger partial charge in [-0.05, 0) is 55.3 Å². The molecule has 192 valence electrons. The van der Waals surface area contributed by atoms with Crippen molar-refractivity contribution >= 4 is 27.4 Å². The van der Waals surface area contributed by atoms with Crippen LogP contribution in [0.3, 0.4) is 0 Å². The zero-order chi connectivity index (χ0) is 26.3. The van der Waals surface area contributed by atoms with E-state index in [1.807, 2.05) is 18.2 Å². The summed E-state index contributed by atoms with van der Waals surface area (Å²) in [4.78, 5) is 0. The number of hydrogen-bond acceptors (Lipinski definition) is 5. The fourth-order valence-corrected chi connectivity index (χ4v) is 5.97. The van der Waals surface area contributed by atoms with E-state index in [4.69, 9.17) is 18.3 Å². The maximum Gasteiger partial charge on any atom is 0.250 e. The van der Waals surface area contributed by atoms with Crippen LogP contribution in [0.5, 0.6) is 23.0 Å². The summed E-state index contributed by atoms with van der Waals surface area (Å²) in [5.74, 6) is 2.21. The molecule has 2 rings (SSSR count). The average Bonchev–Trinajstić information content (AvgIpc) is 2.67. The lowest BCUT2D eigenvalue weighted by Gasteiger charge is -2.38. The van der Waals surface area contributed by atoms with Crippen LogP contribution in [0.4, 0.5) is 0 Å². The van der Waals surface area contributed by atoms with Gasteiger partial charge in [0.05, 0.1) is 19.6 Å². The van der Waals surface area contributed by atoms with Gasteiger partial charge in [0.25, 0.3) is 0 Å². The molecule has 0 heterocycles. The van der Waals surface area contributed by atoms with Gasteiger partial charge in [0.1, 0.15) is 23.0 Å². The highest BCUT2D eigenvalue weighted by Gasteiger charge is 2.40. The predicted molar refractivity (Wildman–Crippen MR) is 148 cm³/mol. The highest BCUT2D eigenvalue weighted by molar-refractivity contribution is 6.75. The Kier molecular flexibility index (Phi) is 8.18. The molecule has 7 heteroatoms. The second-order valence-electron chi connectivity index (χ2n) is 12.4. The predicted octanol–water partition coefficient (Wildman–Crippen LogP) is 7.90. The Morgan fingerprint density at radius 1 is 0.824 bits per heavy atom. The number of phenolic OH excluding ortho intramolecular Hbond substituents is 1. The Labute approximate surface area is 209 Å². The zero-order valence-electron chi connectivity index (χ0n) is 23.6. The molecule has 1 atom stereocenters. The van der Waals surface area contributed by atoms with Crippen LogP contribution >= 0.6 is 0 Å². The molecule has 0 aliphatic rings. The van der Waals surface area contributed by atoms with Crippen LogP contribution in [0.1, 0.15) is 54.0 Å². The molecule has 0 saturated carbocycles. The number of aromatic hydroxyl groups is 1. The summed E-state index contributed by atoms with van der Waals surface area (Å²) in [6, 6.07) is 5.72. The van der Waals surface area contributed by atoms with Crippen molar-refractivity contribution in [3.8, 4) is 23.0 Å². The Bertz CT molecular complexity index is 1020. The van der Waals surface area contributed by atoms with Crippen LogP contribution in [0.15, 0.2) is 18.2 Å². The molecule has 0 fully saturated rings. The van der Waals surface area contributed by atoms with E-state index in [0.29, 0.717) is 29.1 Å². The summed E-state index contributed by atoms with van der Waals surface area (Å²) in [6.07, 6.45) is 0.544. The van der Waals surface area contributed by atoms with E-state index in [1.165, 1.54) is 0 Å². The summed E-state index contributed by atoms with van der Waals surface area (Å²) >= 11 is 0. The first-order valence-electron chi connectivity index (χ1n) is 12.1. The van der Waals surface area contributed by atoms with Gasteiger partial charge in [-0.2, -0.15) is 0 Å². The largest absolute Gasteiger partial charge is 0.543 e. The SMILES string of the molecule is COc1cc(O[Si](C)(C)C(C)(C)C)cc2c(O)c(C[C@H](C)O[Si](C)(C)C(C)(C)C)cc(OC)c12. The molecular weight excluding hydrogens is 460 g/mol. The zero-order valence-corrected chi connectivity index (χ0v) is 25.6. The molecule has 0 aromatic heterocycles. The van der Waals surface area contributed by atoms with Gasteiger partial charge in [0.2, 0.25) is 8.32 Å². The number of methoxy groups -OCH3 is 2. The van der Waals surface area contributed by atoms with Crippen LogP contribution in [0.2, 0.25) is 36.3 Å². The first-order chi connectivity index (χ1) is 15.3. The maximum absolute atomic E-state index is 11.4. The van der Waals surface area contributed by atoms with Gasteiger partial charge in [0.15, 0.2) is 8.32 Å². The van der Waals surface area contributed by atoms with Crippen molar-refractivity contribution in [2.24, 2.45) is 0 Å². The summed E-state index contributed by atoms with van der Waals surface area (Å²) in [6.45, 7) is 24.3. The monoisotopic (exact) mass is 506 g/mol. The van der Waals surface area contributed by atoms with Gasteiger partial charge in [-0.15, -0.1) is 0 Å². The third-order valence-corrected chi connectivity index (χ3v) is 16.6. The summed E-state index contributed by atoms with van der Waals surface area (Å²) in [5.41, 5.74) is 0.794. The number of phenols is 1. The molecule has 0 saturated heterocycles. The van der Waals surface area contributed by atoms with E-state index in [1.54, 1.807) is 14.2 Å². The van der Waals surface area contributed by atoms with Gasteiger partial charge in [-0.3, -0.25) is 0 Å². The Balaban J connectivity index is 2.58. The number of fused-ring (bicyclic) bond motifs is 1. The molecule has 0 unspecified atom stereocenters. The van der Waals surface area contributed by atoms with Crippen LogP contribution in [0.25, 0.3) is 10.8 Å². The molecule has 5 nitrogen and oxygen atoms in total. The van der Waals surface area contributed by atoms with Crippen LogP contribution in [0, 0.1) is 0 Å². The molecule has 0 aliphatic carbocycles. The first-order valence-corrected chi connectivity index (χ1v) is 17.9. The standard InChI is InChI=1S/C27H46O5Si2/c1-18(31-33(10,11)26(2,3)4)14-19-15-22(29-8)24-21(25(19)28)16-20(17-23(24)30-9)32-34(12,13)27(5,6)7/h15-18,28H,14H2,1-13H3/t18-/m0/s1. The van der Waals surface area contributed by atoms with E-state index >= 15 is 0 Å². The Hall–Kier alpha value is -1.71. The normalized spacial score (nSPS) is 14.3. The highest BCUT2D eigenvalue weighted by atomic mass is 28.4. The van der Waals surface area contributed by atoms with Crippen molar-refractivity contribution in [2.45, 2.75) is 97.3 Å². The van der Waals surface area contributed by atoms with Crippen molar-refractivity contribution in [2.75, 3.05) is 14.2 Å². The molecule has 2 aromatic carbocycles. The molecule has 0 aliphatic heterocycles. The van der Waals surface area contributed by atoms with Crippen molar-refractivity contribution in [3.05, 3.63) is 23.8 Å². The Morgan fingerprint density at radius 3 is 1.79 bits per heavy atom. The second kappa shape index (κ2) is 9.74. The Morgan fingerprint density at radius 2 is 1.32 bits per heavy atom. The number of ether oxygens (including phenoxy) is 2. The minimum atomic E-state index is -2.08. The van der Waals surface area contributed by atoms with Gasteiger partial charge < -0.3 is 23.4 Å². The third kappa shape index (κ3) is 5.92. The lowest BCUT2D eigenvalue weighted by molar-refractivity contribution is 0.198. The average molecular weight is 507 g/mol. The molecular formula is C27H46O5Si2. The molecule has 0 bridgehead atoms. The fraction of sp³-hybridized carbons (Fsp3) is 0.630. The quantitative estimate of drug-likeness (QED) is 0.369. The molecule has 0 radical (unpaired) electrons. The topological polar surface area (TPSA) is 57.2 Å². The summed E-state index contributed by atoms with van der Waals surface area (Å²) < 4.78 is 24.6. The maximum atomic E-state index is 11.4. The van der Waals surface area contributed by atoms with E-state index in [9.17, 15) is 5.11 Å². The van der Waals surface area contributed by atoms with Crippen molar-refractivity contribution in [1.82, 2.24) is 0 Å². The van der Waals surface area contributed by atoms with Gasteiger partial charge in [-0.25, -0.2) is 0 Å². The molecule has 2 aromatic rings. The lowest BCUT2D eigenvalue weighted by atomic mass is 9.99. The fourth-order valence-electron chi connectivity index (χ4n) is 3.52. The van der Waals surface area contributed by atoms with E-state index in [-0.39, 0.29) is 21.9 Å². The van der Waals surface area contributed by atoms with E-state index in [0.717, 1.165) is 10.9 Å². The lowest BCUT2D eigenvalue weighted by Crippen LogP contribution is -2.43. The summed E-state index contributed by atoms with van der Waals surface area (Å²) in [5, 5.41) is 13.0. The molecule has 1 N–H and O–H groups in total. The van der Waals surface area contributed by atoms with Gasteiger partial charge in [-0.1, -0.05) is 41.5 Å². The number of hydrogen-bond donors (Lipinski definition) is 1. The van der Waals surface area contributed by atoms with Crippen molar-refractivity contribution in [1.29, 1.82) is 0 Å². The molecule has 0 spiro atoms. The third-order valence-electron chi connectivity index (χ3n) is 7.62. The minimum Gasteiger partial charge on any atom is -0.543 e. The minimum absolute atomic E-state index is 0.0393. The first kappa shape index (κ1) is 28.5. The van der Waals surface area contributed by atoms with E-state index < -0.39 is 16.6 Å². The van der Waals surface area contributed by atoms with Crippen molar-refractivity contribution in [3.63, 3.8) is 0 Å². The van der Waals surface area contributed by atoms with Gasteiger partial charge >= 0.3 is 0 Å². The van der Waals surface area contributed by atoms with Crippen LogP contribution < -0.4 is 13.9 Å². The van der Waals surface area contributed by atoms with Crippen molar-refractivity contribution < 1.29 is 23.4 Å². The van der Waals surface area contributed by atoms with Gasteiger partial charge in [0, 0.05) is 29.5 Å². The smallest absolute Gasteiger partial charge is 0.250 e. The number of rotatable bonds is 8. The second-order valence-corrected chi connectivity index (χ2v) is 21.9. The van der Waals surface area contributed by atoms with Crippen LogP contribution in [-0.4, -0.2) is 42.1 Å². The highest BCUT2D eigenvalue weighted by Crippen LogP contribution is 2.46. The van der Waals surface area contributed by atoms with Crippen LogP contribution in [-0.2, 0) is 10.8 Å². The number of benzene rings is 2. The van der Waals surface area contributed by atoms with E-state index in [2.05, 4.69) is 74.7 Å².